The summed E-state index contributed by atoms with van der Waals surface area (Å²) < 4.78 is 16.3. The zero-order valence-electron chi connectivity index (χ0n) is 17.0. The van der Waals surface area contributed by atoms with Crippen LogP contribution in [0.2, 0.25) is 0 Å². The Morgan fingerprint density at radius 1 is 1.14 bits per heavy atom. The lowest BCUT2D eigenvalue weighted by atomic mass is 10.1. The van der Waals surface area contributed by atoms with Gasteiger partial charge in [0.2, 0.25) is 0 Å². The minimum absolute atomic E-state index is 0.552. The third-order valence-electron chi connectivity index (χ3n) is 4.85. The van der Waals surface area contributed by atoms with E-state index in [2.05, 4.69) is 28.1 Å². The lowest BCUT2D eigenvalue weighted by Crippen LogP contribution is -2.52. The normalized spacial score (nSPS) is 15.5. The maximum absolute atomic E-state index is 5.51. The van der Waals surface area contributed by atoms with Gasteiger partial charge >= 0.3 is 0 Å². The van der Waals surface area contributed by atoms with Gasteiger partial charge in [-0.1, -0.05) is 0 Å². The van der Waals surface area contributed by atoms with Crippen molar-refractivity contribution >= 4 is 5.96 Å². The van der Waals surface area contributed by atoms with E-state index in [0.29, 0.717) is 6.54 Å². The maximum Gasteiger partial charge on any atom is 0.194 e. The molecule has 1 aliphatic rings. The number of furan rings is 1. The highest BCUT2D eigenvalue weighted by Crippen LogP contribution is 2.25. The smallest absolute Gasteiger partial charge is 0.194 e. The van der Waals surface area contributed by atoms with E-state index >= 15 is 0 Å². The molecule has 1 fully saturated rings. The molecule has 7 nitrogen and oxygen atoms in total. The second-order valence-corrected chi connectivity index (χ2v) is 6.69. The van der Waals surface area contributed by atoms with Crippen LogP contribution in [0.3, 0.4) is 0 Å². The summed E-state index contributed by atoms with van der Waals surface area (Å²) in [6, 6.07) is 9.80. The summed E-state index contributed by atoms with van der Waals surface area (Å²) in [5.74, 6) is 3.57. The number of ether oxygens (including phenoxy) is 2. The van der Waals surface area contributed by atoms with Crippen LogP contribution in [0, 0.1) is 0 Å². The molecule has 0 aliphatic carbocycles. The number of guanidine groups is 1. The Hall–Kier alpha value is -2.67. The van der Waals surface area contributed by atoms with Gasteiger partial charge in [-0.3, -0.25) is 4.90 Å². The number of methoxy groups -OCH3 is 2. The van der Waals surface area contributed by atoms with Crippen LogP contribution in [0.4, 0.5) is 0 Å². The highest BCUT2D eigenvalue weighted by atomic mass is 16.5. The van der Waals surface area contributed by atoms with Crippen LogP contribution in [0.1, 0.15) is 18.2 Å². The van der Waals surface area contributed by atoms with E-state index in [4.69, 9.17) is 18.9 Å². The van der Waals surface area contributed by atoms with Gasteiger partial charge in [0.25, 0.3) is 0 Å². The Balaban J connectivity index is 1.59. The lowest BCUT2D eigenvalue weighted by molar-refractivity contribution is 0.171. The van der Waals surface area contributed by atoms with Crippen molar-refractivity contribution in [3.63, 3.8) is 0 Å². The number of piperazine rings is 1. The van der Waals surface area contributed by atoms with E-state index in [9.17, 15) is 0 Å². The van der Waals surface area contributed by atoms with Gasteiger partial charge in [0.15, 0.2) is 5.96 Å². The molecule has 1 aromatic heterocycles. The van der Waals surface area contributed by atoms with Crippen LogP contribution >= 0.6 is 0 Å². The van der Waals surface area contributed by atoms with Gasteiger partial charge in [-0.05, 0) is 37.3 Å². The summed E-state index contributed by atoms with van der Waals surface area (Å²) in [4.78, 5) is 9.47. The Morgan fingerprint density at radius 3 is 2.61 bits per heavy atom. The maximum atomic E-state index is 5.51. The number of benzene rings is 1. The molecule has 152 valence electrons. The first-order valence-corrected chi connectivity index (χ1v) is 9.72. The molecule has 2 aromatic rings. The third-order valence-corrected chi connectivity index (χ3v) is 4.85. The summed E-state index contributed by atoms with van der Waals surface area (Å²) in [5.41, 5.74) is 1.15. The molecule has 1 N–H and O–H groups in total. The van der Waals surface area contributed by atoms with E-state index < -0.39 is 0 Å². The molecule has 3 rings (SSSR count). The summed E-state index contributed by atoms with van der Waals surface area (Å²) in [6.07, 6.45) is 1.68. The molecule has 2 heterocycles. The van der Waals surface area contributed by atoms with Crippen molar-refractivity contribution in [3.05, 3.63) is 47.9 Å². The molecule has 1 aromatic carbocycles. The quantitative estimate of drug-likeness (QED) is 0.583. The summed E-state index contributed by atoms with van der Waals surface area (Å²) in [6.45, 7) is 8.11. The van der Waals surface area contributed by atoms with Gasteiger partial charge in [-0.15, -0.1) is 0 Å². The Morgan fingerprint density at radius 2 is 1.96 bits per heavy atom. The number of rotatable bonds is 7. The number of hydrogen-bond donors (Lipinski definition) is 1. The van der Waals surface area contributed by atoms with Crippen LogP contribution in [-0.2, 0) is 13.1 Å². The predicted octanol–water partition coefficient (Wildman–Crippen LogP) is 2.58. The Labute approximate surface area is 166 Å². The Kier molecular flexibility index (Phi) is 7.19. The molecule has 0 atom stereocenters. The number of hydrogen-bond acceptors (Lipinski definition) is 5. The fourth-order valence-electron chi connectivity index (χ4n) is 3.35. The molecule has 1 saturated heterocycles. The highest BCUT2D eigenvalue weighted by Gasteiger charge is 2.21. The van der Waals surface area contributed by atoms with Gasteiger partial charge in [-0.2, -0.15) is 0 Å². The van der Waals surface area contributed by atoms with Crippen molar-refractivity contribution in [2.24, 2.45) is 4.99 Å². The van der Waals surface area contributed by atoms with Gasteiger partial charge in [-0.25, -0.2) is 4.99 Å². The second kappa shape index (κ2) is 10.0. The molecule has 0 saturated carbocycles. The minimum atomic E-state index is 0.552. The van der Waals surface area contributed by atoms with Crippen LogP contribution in [0.5, 0.6) is 11.5 Å². The van der Waals surface area contributed by atoms with Crippen molar-refractivity contribution in [2.75, 3.05) is 46.9 Å². The minimum Gasteiger partial charge on any atom is -0.497 e. The fourth-order valence-corrected chi connectivity index (χ4v) is 3.35. The first kappa shape index (κ1) is 20.1. The molecule has 0 unspecified atom stereocenters. The second-order valence-electron chi connectivity index (χ2n) is 6.69. The van der Waals surface area contributed by atoms with E-state index in [1.54, 1.807) is 20.5 Å². The largest absolute Gasteiger partial charge is 0.497 e. The topological polar surface area (TPSA) is 62.5 Å². The van der Waals surface area contributed by atoms with E-state index in [0.717, 1.165) is 68.1 Å². The average molecular weight is 386 g/mol. The molecule has 0 bridgehead atoms. The van der Waals surface area contributed by atoms with E-state index in [1.807, 2.05) is 24.3 Å². The summed E-state index contributed by atoms with van der Waals surface area (Å²) >= 11 is 0. The Bertz CT molecular complexity index is 753. The van der Waals surface area contributed by atoms with Crippen LogP contribution in [0.15, 0.2) is 46.0 Å². The average Bonchev–Trinajstić information content (AvgIpc) is 3.25. The molecular formula is C21H30N4O3. The van der Waals surface area contributed by atoms with Crippen molar-refractivity contribution in [3.8, 4) is 11.5 Å². The zero-order valence-corrected chi connectivity index (χ0v) is 17.0. The lowest BCUT2D eigenvalue weighted by Gasteiger charge is -2.36. The van der Waals surface area contributed by atoms with Gasteiger partial charge in [0.1, 0.15) is 23.8 Å². The van der Waals surface area contributed by atoms with Crippen molar-refractivity contribution < 1.29 is 13.9 Å². The van der Waals surface area contributed by atoms with Crippen LogP contribution in [0.25, 0.3) is 0 Å². The van der Waals surface area contributed by atoms with Gasteiger partial charge in [0, 0.05) is 44.8 Å². The predicted molar refractivity (Wildman–Crippen MR) is 110 cm³/mol. The first-order chi connectivity index (χ1) is 13.7. The van der Waals surface area contributed by atoms with Gasteiger partial charge in [0.05, 0.1) is 20.5 Å². The molecule has 0 radical (unpaired) electrons. The van der Waals surface area contributed by atoms with E-state index in [1.165, 1.54) is 0 Å². The van der Waals surface area contributed by atoms with Crippen molar-refractivity contribution in [1.82, 2.24) is 15.1 Å². The molecule has 0 spiro atoms. The van der Waals surface area contributed by atoms with Crippen molar-refractivity contribution in [2.45, 2.75) is 20.0 Å². The monoisotopic (exact) mass is 386 g/mol. The van der Waals surface area contributed by atoms with Crippen LogP contribution < -0.4 is 14.8 Å². The number of aliphatic imine (C=N–C) groups is 1. The van der Waals surface area contributed by atoms with E-state index in [-0.39, 0.29) is 0 Å². The number of nitrogens with one attached hydrogen (secondary N) is 1. The molecular weight excluding hydrogens is 356 g/mol. The molecule has 0 amide bonds. The third kappa shape index (κ3) is 5.19. The molecule has 28 heavy (non-hydrogen) atoms. The highest BCUT2D eigenvalue weighted by molar-refractivity contribution is 5.80. The first-order valence-electron chi connectivity index (χ1n) is 9.72. The number of nitrogens with zero attached hydrogens (tertiary/aromatic N) is 3. The van der Waals surface area contributed by atoms with Gasteiger partial charge < -0.3 is 24.1 Å². The standard InChI is InChI=1S/C21H30N4O3/c1-4-22-21(23-15-19-6-5-13-28-19)25-11-9-24(10-12-25)16-17-14-18(26-2)7-8-20(17)27-3/h5-8,13-14H,4,9-12,15-16H2,1-3H3,(H,22,23). The van der Waals surface area contributed by atoms with Crippen molar-refractivity contribution in [1.29, 1.82) is 0 Å². The SMILES string of the molecule is CCNC(=NCc1ccco1)N1CCN(Cc2cc(OC)ccc2OC)CC1. The summed E-state index contributed by atoms with van der Waals surface area (Å²) in [7, 11) is 3.40. The van der Waals surface area contributed by atoms with Crippen LogP contribution in [-0.4, -0.2) is 62.7 Å². The molecule has 1 aliphatic heterocycles. The fraction of sp³-hybridized carbons (Fsp3) is 0.476. The zero-order chi connectivity index (χ0) is 19.8. The summed E-state index contributed by atoms with van der Waals surface area (Å²) in [5, 5.41) is 3.39. The molecule has 7 heteroatoms.